The van der Waals surface area contributed by atoms with Crippen molar-refractivity contribution >= 4 is 10.8 Å². The molecule has 2 aromatic carbocycles. The third kappa shape index (κ3) is 2.00. The predicted molar refractivity (Wildman–Crippen MR) is 84.9 cm³/mol. The highest BCUT2D eigenvalue weighted by molar-refractivity contribution is 5.95. The molecule has 2 aromatic heterocycles. The van der Waals surface area contributed by atoms with Crippen LogP contribution in [0.3, 0.4) is 0 Å². The van der Waals surface area contributed by atoms with Crippen molar-refractivity contribution in [3.8, 4) is 16.8 Å². The van der Waals surface area contributed by atoms with Gasteiger partial charge in [-0.05, 0) is 29.1 Å². The van der Waals surface area contributed by atoms with Crippen LogP contribution in [0.15, 0.2) is 72.2 Å². The molecule has 0 aliphatic heterocycles. The van der Waals surface area contributed by atoms with Gasteiger partial charge in [-0.1, -0.05) is 30.3 Å². The van der Waals surface area contributed by atoms with Gasteiger partial charge >= 0.3 is 0 Å². The third-order valence-electron chi connectivity index (χ3n) is 3.67. The maximum Gasteiger partial charge on any atom is 0.255 e. The standard InChI is InChI=1S/C17H12N4O/c22-17-15-4-2-1-3-14(15)16(9-19-17)12-5-7-13(8-6-12)21-11-18-10-20-21/h1-11H,(H,19,22). The van der Waals surface area contributed by atoms with Gasteiger partial charge in [0.2, 0.25) is 0 Å². The lowest BCUT2D eigenvalue weighted by Crippen LogP contribution is -2.05. The Morgan fingerprint density at radius 1 is 0.955 bits per heavy atom. The molecule has 0 aliphatic carbocycles. The molecule has 0 saturated heterocycles. The number of nitrogens with one attached hydrogen (secondary N) is 1. The Bertz CT molecular complexity index is 985. The molecule has 106 valence electrons. The lowest BCUT2D eigenvalue weighted by Gasteiger charge is -2.07. The summed E-state index contributed by atoms with van der Waals surface area (Å²) >= 11 is 0. The highest BCUT2D eigenvalue weighted by Crippen LogP contribution is 2.26. The van der Waals surface area contributed by atoms with Gasteiger partial charge in [-0.2, -0.15) is 5.10 Å². The number of hydrogen-bond acceptors (Lipinski definition) is 3. The van der Waals surface area contributed by atoms with Gasteiger partial charge in [-0.25, -0.2) is 9.67 Å². The van der Waals surface area contributed by atoms with E-state index in [1.807, 2.05) is 48.5 Å². The van der Waals surface area contributed by atoms with E-state index < -0.39 is 0 Å². The maximum absolute atomic E-state index is 11.9. The van der Waals surface area contributed by atoms with Crippen molar-refractivity contribution in [2.24, 2.45) is 0 Å². The van der Waals surface area contributed by atoms with E-state index in [1.165, 1.54) is 6.33 Å². The Labute approximate surface area is 125 Å². The topological polar surface area (TPSA) is 63.6 Å². The number of pyridine rings is 1. The zero-order valence-electron chi connectivity index (χ0n) is 11.6. The van der Waals surface area contributed by atoms with Crippen molar-refractivity contribution in [1.82, 2.24) is 19.7 Å². The molecule has 0 unspecified atom stereocenters. The number of benzene rings is 2. The van der Waals surface area contributed by atoms with Crippen LogP contribution in [-0.4, -0.2) is 19.7 Å². The zero-order chi connectivity index (χ0) is 14.9. The quantitative estimate of drug-likeness (QED) is 0.617. The van der Waals surface area contributed by atoms with E-state index in [-0.39, 0.29) is 5.56 Å². The van der Waals surface area contributed by atoms with E-state index in [9.17, 15) is 4.79 Å². The Balaban J connectivity index is 1.86. The number of aromatic nitrogens is 4. The van der Waals surface area contributed by atoms with E-state index in [1.54, 1.807) is 17.2 Å². The van der Waals surface area contributed by atoms with Gasteiger partial charge < -0.3 is 4.98 Å². The number of H-pyrrole nitrogens is 1. The van der Waals surface area contributed by atoms with Crippen LogP contribution < -0.4 is 5.56 Å². The van der Waals surface area contributed by atoms with E-state index >= 15 is 0 Å². The van der Waals surface area contributed by atoms with Crippen molar-refractivity contribution in [3.63, 3.8) is 0 Å². The second-order valence-electron chi connectivity index (χ2n) is 4.96. The van der Waals surface area contributed by atoms with Crippen LogP contribution in [-0.2, 0) is 0 Å². The number of fused-ring (bicyclic) bond motifs is 1. The Kier molecular flexibility index (Phi) is 2.83. The number of nitrogens with zero attached hydrogens (tertiary/aromatic N) is 3. The van der Waals surface area contributed by atoms with Crippen LogP contribution in [0.25, 0.3) is 27.6 Å². The van der Waals surface area contributed by atoms with Crippen LogP contribution in [0.5, 0.6) is 0 Å². The Morgan fingerprint density at radius 3 is 2.45 bits per heavy atom. The molecule has 0 amide bonds. The summed E-state index contributed by atoms with van der Waals surface area (Å²) in [5.41, 5.74) is 2.91. The second kappa shape index (κ2) is 4.96. The summed E-state index contributed by atoms with van der Waals surface area (Å²) in [6.07, 6.45) is 4.92. The summed E-state index contributed by atoms with van der Waals surface area (Å²) in [7, 11) is 0. The van der Waals surface area contributed by atoms with Crippen LogP contribution in [0, 0.1) is 0 Å². The molecule has 0 aliphatic rings. The van der Waals surface area contributed by atoms with E-state index in [2.05, 4.69) is 15.1 Å². The molecule has 5 nitrogen and oxygen atoms in total. The predicted octanol–water partition coefficient (Wildman–Crippen LogP) is 2.78. The van der Waals surface area contributed by atoms with Gasteiger partial charge in [-0.15, -0.1) is 0 Å². The number of hydrogen-bond donors (Lipinski definition) is 1. The van der Waals surface area contributed by atoms with Crippen LogP contribution in [0.4, 0.5) is 0 Å². The summed E-state index contributed by atoms with van der Waals surface area (Å²) in [5, 5.41) is 5.75. The molecule has 0 spiro atoms. The fourth-order valence-electron chi connectivity index (χ4n) is 2.58. The first-order valence-corrected chi connectivity index (χ1v) is 6.89. The zero-order valence-corrected chi connectivity index (χ0v) is 11.6. The average Bonchev–Trinajstić information content (AvgIpc) is 3.10. The minimum Gasteiger partial charge on any atom is -0.328 e. The lowest BCUT2D eigenvalue weighted by atomic mass is 10.0. The Hall–Kier alpha value is -3.21. The van der Waals surface area contributed by atoms with Crippen molar-refractivity contribution in [3.05, 3.63) is 77.7 Å². The summed E-state index contributed by atoms with van der Waals surface area (Å²) in [6.45, 7) is 0. The fraction of sp³-hybridized carbons (Fsp3) is 0. The first-order valence-electron chi connectivity index (χ1n) is 6.89. The normalized spacial score (nSPS) is 10.9. The molecular weight excluding hydrogens is 276 g/mol. The molecule has 2 heterocycles. The summed E-state index contributed by atoms with van der Waals surface area (Å²) in [5.74, 6) is 0. The van der Waals surface area contributed by atoms with Crippen LogP contribution in [0.1, 0.15) is 0 Å². The Morgan fingerprint density at radius 2 is 1.73 bits per heavy atom. The van der Waals surface area contributed by atoms with E-state index in [4.69, 9.17) is 0 Å². The average molecular weight is 288 g/mol. The van der Waals surface area contributed by atoms with E-state index in [0.29, 0.717) is 5.39 Å². The van der Waals surface area contributed by atoms with Crippen LogP contribution >= 0.6 is 0 Å². The van der Waals surface area contributed by atoms with Crippen molar-refractivity contribution in [1.29, 1.82) is 0 Å². The molecule has 0 radical (unpaired) electrons. The first-order chi connectivity index (χ1) is 10.8. The minimum absolute atomic E-state index is 0.0708. The monoisotopic (exact) mass is 288 g/mol. The molecule has 4 rings (SSSR count). The van der Waals surface area contributed by atoms with Gasteiger partial charge in [0.05, 0.1) is 5.69 Å². The number of aromatic amines is 1. The maximum atomic E-state index is 11.9. The summed E-state index contributed by atoms with van der Waals surface area (Å²) < 4.78 is 1.70. The molecule has 4 aromatic rings. The molecule has 5 heteroatoms. The molecule has 0 atom stereocenters. The SMILES string of the molecule is O=c1[nH]cc(-c2ccc(-n3cncn3)cc2)c2ccccc12. The first kappa shape index (κ1) is 12.5. The highest BCUT2D eigenvalue weighted by atomic mass is 16.1. The molecule has 22 heavy (non-hydrogen) atoms. The molecule has 0 fully saturated rings. The second-order valence-corrected chi connectivity index (χ2v) is 4.96. The van der Waals surface area contributed by atoms with Gasteiger partial charge in [-0.3, -0.25) is 4.79 Å². The lowest BCUT2D eigenvalue weighted by molar-refractivity contribution is 0.879. The fourth-order valence-corrected chi connectivity index (χ4v) is 2.58. The van der Waals surface area contributed by atoms with Crippen LogP contribution in [0.2, 0.25) is 0 Å². The van der Waals surface area contributed by atoms with Crippen molar-refractivity contribution in [2.75, 3.05) is 0 Å². The van der Waals surface area contributed by atoms with Gasteiger partial charge in [0, 0.05) is 17.1 Å². The van der Waals surface area contributed by atoms with Gasteiger partial charge in [0.15, 0.2) is 0 Å². The molecular formula is C17H12N4O. The molecule has 1 N–H and O–H groups in total. The molecule has 0 bridgehead atoms. The van der Waals surface area contributed by atoms with E-state index in [0.717, 1.165) is 22.2 Å². The number of rotatable bonds is 2. The van der Waals surface area contributed by atoms with Crippen molar-refractivity contribution in [2.45, 2.75) is 0 Å². The molecule has 0 saturated carbocycles. The highest BCUT2D eigenvalue weighted by Gasteiger charge is 2.06. The third-order valence-corrected chi connectivity index (χ3v) is 3.67. The minimum atomic E-state index is -0.0708. The summed E-state index contributed by atoms with van der Waals surface area (Å²) in [4.78, 5) is 18.6. The van der Waals surface area contributed by atoms with Gasteiger partial charge in [0.1, 0.15) is 12.7 Å². The summed E-state index contributed by atoms with van der Waals surface area (Å²) in [6, 6.07) is 15.6. The largest absolute Gasteiger partial charge is 0.328 e. The van der Waals surface area contributed by atoms with Crippen molar-refractivity contribution < 1.29 is 0 Å². The smallest absolute Gasteiger partial charge is 0.255 e. The van der Waals surface area contributed by atoms with Gasteiger partial charge in [0.25, 0.3) is 5.56 Å².